The zero-order chi connectivity index (χ0) is 13.8. The molecule has 0 atom stereocenters. The molecule has 19 heavy (non-hydrogen) atoms. The molecular weight excluding hydrogens is 256 g/mol. The Morgan fingerprint density at radius 2 is 2.11 bits per heavy atom. The van der Waals surface area contributed by atoms with Crippen LogP contribution in [0.25, 0.3) is 0 Å². The fraction of sp³-hybridized carbons (Fsp3) is 0.500. The Balaban J connectivity index is 2.35. The van der Waals surface area contributed by atoms with Crippen LogP contribution in [0.4, 0.5) is 20.2 Å². The molecule has 1 aliphatic rings. The summed E-state index contributed by atoms with van der Waals surface area (Å²) in [6.07, 6.45) is -1.86. The lowest BCUT2D eigenvalue weighted by Crippen LogP contribution is -2.28. The molecule has 1 heterocycles. The van der Waals surface area contributed by atoms with E-state index in [2.05, 4.69) is 5.32 Å². The van der Waals surface area contributed by atoms with Gasteiger partial charge in [-0.15, -0.1) is 0 Å². The van der Waals surface area contributed by atoms with Gasteiger partial charge in [-0.05, 0) is 19.0 Å². The standard InChI is InChI=1S/C12H15F2N3O2/c13-12(14)10-8-9(17(18)19)2-3-11(10)16-6-1-4-15-5-7-16/h2-3,8,12,15H,1,4-7H2. The maximum absolute atomic E-state index is 13.1. The van der Waals surface area contributed by atoms with Crippen molar-refractivity contribution in [1.29, 1.82) is 0 Å². The van der Waals surface area contributed by atoms with Gasteiger partial charge >= 0.3 is 0 Å². The minimum Gasteiger partial charge on any atom is -0.370 e. The first-order valence-electron chi connectivity index (χ1n) is 6.12. The molecule has 104 valence electrons. The number of hydrogen-bond donors (Lipinski definition) is 1. The summed E-state index contributed by atoms with van der Waals surface area (Å²) in [5.41, 5.74) is -0.174. The molecule has 0 spiro atoms. The quantitative estimate of drug-likeness (QED) is 0.677. The largest absolute Gasteiger partial charge is 0.370 e. The van der Waals surface area contributed by atoms with Gasteiger partial charge in [0.25, 0.3) is 12.1 Å². The summed E-state index contributed by atoms with van der Waals surface area (Å²) in [7, 11) is 0. The molecule has 1 aromatic carbocycles. The first-order valence-corrected chi connectivity index (χ1v) is 6.12. The number of alkyl halides is 2. The number of nitrogens with one attached hydrogen (secondary N) is 1. The highest BCUT2D eigenvalue weighted by molar-refractivity contribution is 5.58. The van der Waals surface area contributed by atoms with E-state index in [1.807, 2.05) is 4.90 Å². The fourth-order valence-corrected chi connectivity index (χ4v) is 2.20. The van der Waals surface area contributed by atoms with Gasteiger partial charge in [0.15, 0.2) is 0 Å². The number of anilines is 1. The summed E-state index contributed by atoms with van der Waals surface area (Å²) in [6, 6.07) is 3.67. The maximum Gasteiger partial charge on any atom is 0.270 e. The number of benzene rings is 1. The maximum atomic E-state index is 13.1. The Morgan fingerprint density at radius 1 is 1.32 bits per heavy atom. The Morgan fingerprint density at radius 3 is 2.79 bits per heavy atom. The van der Waals surface area contributed by atoms with Gasteiger partial charge in [-0.25, -0.2) is 8.78 Å². The van der Waals surface area contributed by atoms with Crippen LogP contribution in [0.3, 0.4) is 0 Å². The molecule has 0 radical (unpaired) electrons. The summed E-state index contributed by atoms with van der Waals surface area (Å²) in [4.78, 5) is 11.9. The van der Waals surface area contributed by atoms with Crippen molar-refractivity contribution in [2.45, 2.75) is 12.8 Å². The van der Waals surface area contributed by atoms with Crippen molar-refractivity contribution in [3.05, 3.63) is 33.9 Å². The van der Waals surface area contributed by atoms with E-state index in [0.717, 1.165) is 25.6 Å². The monoisotopic (exact) mass is 271 g/mol. The molecule has 0 amide bonds. The highest BCUT2D eigenvalue weighted by Gasteiger charge is 2.21. The van der Waals surface area contributed by atoms with Crippen molar-refractivity contribution >= 4 is 11.4 Å². The molecule has 1 saturated heterocycles. The third-order valence-corrected chi connectivity index (χ3v) is 3.14. The van der Waals surface area contributed by atoms with Gasteiger partial charge < -0.3 is 10.2 Å². The zero-order valence-corrected chi connectivity index (χ0v) is 10.3. The predicted octanol–water partition coefficient (Wildman–Crippen LogP) is 2.33. The molecule has 0 bridgehead atoms. The Hall–Kier alpha value is -1.76. The van der Waals surface area contributed by atoms with Gasteiger partial charge in [0.2, 0.25) is 0 Å². The number of rotatable bonds is 3. The van der Waals surface area contributed by atoms with E-state index < -0.39 is 11.3 Å². The van der Waals surface area contributed by atoms with Crippen LogP contribution in [0, 0.1) is 10.1 Å². The van der Waals surface area contributed by atoms with Crippen LogP contribution < -0.4 is 10.2 Å². The second kappa shape index (κ2) is 5.92. The van der Waals surface area contributed by atoms with Crippen molar-refractivity contribution in [3.8, 4) is 0 Å². The van der Waals surface area contributed by atoms with Crippen LogP contribution in [0.5, 0.6) is 0 Å². The van der Waals surface area contributed by atoms with Crippen molar-refractivity contribution in [2.24, 2.45) is 0 Å². The molecule has 1 fully saturated rings. The molecule has 0 unspecified atom stereocenters. The Kier molecular flexibility index (Phi) is 4.26. The van der Waals surface area contributed by atoms with Gasteiger partial charge in [0, 0.05) is 43.0 Å². The Labute approximate surface area is 109 Å². The number of halogens is 2. The third kappa shape index (κ3) is 3.17. The smallest absolute Gasteiger partial charge is 0.270 e. The summed E-state index contributed by atoms with van der Waals surface area (Å²) < 4.78 is 26.1. The normalized spacial score (nSPS) is 16.5. The molecule has 1 aliphatic heterocycles. The van der Waals surface area contributed by atoms with E-state index in [1.54, 1.807) is 0 Å². The zero-order valence-electron chi connectivity index (χ0n) is 10.3. The number of nitro benzene ring substituents is 1. The lowest BCUT2D eigenvalue weighted by atomic mass is 10.1. The number of nitro groups is 1. The SMILES string of the molecule is O=[N+]([O-])c1ccc(N2CCCNCC2)c(C(F)F)c1. The van der Waals surface area contributed by atoms with Crippen LogP contribution >= 0.6 is 0 Å². The predicted molar refractivity (Wildman–Crippen MR) is 67.8 cm³/mol. The fourth-order valence-electron chi connectivity index (χ4n) is 2.20. The summed E-state index contributed by atoms with van der Waals surface area (Å²) in [6.45, 7) is 2.87. The summed E-state index contributed by atoms with van der Waals surface area (Å²) in [5, 5.41) is 13.8. The van der Waals surface area contributed by atoms with Crippen molar-refractivity contribution in [3.63, 3.8) is 0 Å². The topological polar surface area (TPSA) is 58.4 Å². The van der Waals surface area contributed by atoms with Crippen molar-refractivity contribution in [1.82, 2.24) is 5.32 Å². The molecule has 1 N–H and O–H groups in total. The summed E-state index contributed by atoms with van der Waals surface area (Å²) >= 11 is 0. The molecule has 5 nitrogen and oxygen atoms in total. The van der Waals surface area contributed by atoms with Gasteiger partial charge in [-0.2, -0.15) is 0 Å². The second-order valence-corrected chi connectivity index (χ2v) is 4.39. The van der Waals surface area contributed by atoms with E-state index in [1.165, 1.54) is 12.1 Å². The lowest BCUT2D eigenvalue weighted by molar-refractivity contribution is -0.385. The minimum atomic E-state index is -2.72. The first kappa shape index (κ1) is 13.7. The van der Waals surface area contributed by atoms with E-state index >= 15 is 0 Å². The van der Waals surface area contributed by atoms with Gasteiger partial charge in [-0.1, -0.05) is 0 Å². The van der Waals surface area contributed by atoms with Crippen molar-refractivity contribution in [2.75, 3.05) is 31.1 Å². The number of hydrogen-bond acceptors (Lipinski definition) is 4. The Bertz CT molecular complexity index is 460. The van der Waals surface area contributed by atoms with Gasteiger partial charge in [-0.3, -0.25) is 10.1 Å². The highest BCUT2D eigenvalue weighted by atomic mass is 19.3. The molecule has 1 aromatic rings. The number of nitrogens with zero attached hydrogens (tertiary/aromatic N) is 2. The second-order valence-electron chi connectivity index (χ2n) is 4.39. The highest BCUT2D eigenvalue weighted by Crippen LogP contribution is 2.33. The lowest BCUT2D eigenvalue weighted by Gasteiger charge is -2.24. The van der Waals surface area contributed by atoms with E-state index in [0.29, 0.717) is 18.8 Å². The van der Waals surface area contributed by atoms with Crippen LogP contribution in [0.1, 0.15) is 18.4 Å². The molecule has 0 saturated carbocycles. The average Bonchev–Trinajstić information content (AvgIpc) is 2.66. The molecular formula is C12H15F2N3O2. The van der Waals surface area contributed by atoms with E-state index in [-0.39, 0.29) is 11.3 Å². The summed E-state index contributed by atoms with van der Waals surface area (Å²) in [5.74, 6) is 0. The van der Waals surface area contributed by atoms with Crippen LogP contribution in [-0.2, 0) is 0 Å². The van der Waals surface area contributed by atoms with Gasteiger partial charge in [0.05, 0.1) is 4.92 Å². The average molecular weight is 271 g/mol. The van der Waals surface area contributed by atoms with E-state index in [4.69, 9.17) is 0 Å². The van der Waals surface area contributed by atoms with Crippen LogP contribution in [0.2, 0.25) is 0 Å². The number of non-ortho nitro benzene ring substituents is 1. The van der Waals surface area contributed by atoms with Crippen molar-refractivity contribution < 1.29 is 13.7 Å². The molecule has 0 aliphatic carbocycles. The third-order valence-electron chi connectivity index (χ3n) is 3.14. The minimum absolute atomic E-state index is 0.267. The molecule has 7 heteroatoms. The first-order chi connectivity index (χ1) is 9.09. The van der Waals surface area contributed by atoms with Gasteiger partial charge in [0.1, 0.15) is 0 Å². The molecule has 2 rings (SSSR count). The van der Waals surface area contributed by atoms with E-state index in [9.17, 15) is 18.9 Å². The van der Waals surface area contributed by atoms with Crippen LogP contribution in [-0.4, -0.2) is 31.1 Å². The molecule has 0 aromatic heterocycles. The van der Waals surface area contributed by atoms with Crippen LogP contribution in [0.15, 0.2) is 18.2 Å².